The second-order valence-electron chi connectivity index (χ2n) is 4.94. The van der Waals surface area contributed by atoms with Crippen LogP contribution in [0.5, 0.6) is 0 Å². The summed E-state index contributed by atoms with van der Waals surface area (Å²) in [6.45, 7) is 7.15. The minimum absolute atomic E-state index is 0.248. The van der Waals surface area contributed by atoms with Crippen LogP contribution >= 0.6 is 0 Å². The van der Waals surface area contributed by atoms with Crippen molar-refractivity contribution in [2.75, 3.05) is 0 Å². The van der Waals surface area contributed by atoms with Gasteiger partial charge in [-0.2, -0.15) is 0 Å². The molecule has 0 atom stereocenters. The molecule has 0 fully saturated rings. The first-order valence-electron chi connectivity index (χ1n) is 5.44. The Morgan fingerprint density at radius 3 is 2.47 bits per heavy atom. The van der Waals surface area contributed by atoms with Crippen molar-refractivity contribution in [3.05, 3.63) is 29.6 Å². The predicted molar refractivity (Wildman–Crippen MR) is 63.8 cm³/mol. The molecule has 0 saturated carbocycles. The van der Waals surface area contributed by atoms with Gasteiger partial charge in [0.15, 0.2) is 5.78 Å². The molecule has 0 aliphatic carbocycles. The molecule has 4 nitrogen and oxygen atoms in total. The number of hydrogen-bond donors (Lipinski definition) is 0. The monoisotopic (exact) mass is 235 g/mol. The molecule has 1 aromatic heterocycles. The smallest absolute Gasteiger partial charge is 0.314 e. The van der Waals surface area contributed by atoms with Crippen molar-refractivity contribution in [2.45, 2.75) is 39.7 Å². The van der Waals surface area contributed by atoms with Crippen molar-refractivity contribution < 1.29 is 14.3 Å². The lowest BCUT2D eigenvalue weighted by molar-refractivity contribution is -0.153. The third-order valence-electron chi connectivity index (χ3n) is 1.92. The Labute approximate surface area is 101 Å². The molecular formula is C13H17NO3. The summed E-state index contributed by atoms with van der Waals surface area (Å²) in [4.78, 5) is 27.1. The van der Waals surface area contributed by atoms with Crippen LogP contribution in [0.2, 0.25) is 0 Å². The third kappa shape index (κ3) is 4.76. The molecule has 0 saturated heterocycles. The Bertz CT molecular complexity index is 433. The highest BCUT2D eigenvalue weighted by molar-refractivity contribution is 6.05. The molecule has 0 unspecified atom stereocenters. The van der Waals surface area contributed by atoms with Crippen LogP contribution in [0, 0.1) is 6.92 Å². The lowest BCUT2D eigenvalue weighted by Gasteiger charge is -2.19. The molecule has 92 valence electrons. The first kappa shape index (κ1) is 13.4. The van der Waals surface area contributed by atoms with Gasteiger partial charge in [0, 0.05) is 18.0 Å². The third-order valence-corrected chi connectivity index (χ3v) is 1.92. The molecule has 0 aliphatic rings. The predicted octanol–water partition coefficient (Wildman–Crippen LogP) is 2.30. The van der Waals surface area contributed by atoms with Crippen molar-refractivity contribution in [1.82, 2.24) is 4.98 Å². The van der Waals surface area contributed by atoms with E-state index in [1.54, 1.807) is 33.0 Å². The Kier molecular flexibility index (Phi) is 3.99. The second kappa shape index (κ2) is 5.08. The van der Waals surface area contributed by atoms with Gasteiger partial charge in [0.05, 0.1) is 0 Å². The topological polar surface area (TPSA) is 56.3 Å². The first-order chi connectivity index (χ1) is 7.78. The Morgan fingerprint density at radius 1 is 1.29 bits per heavy atom. The summed E-state index contributed by atoms with van der Waals surface area (Å²) >= 11 is 0. The number of aromatic nitrogens is 1. The minimum Gasteiger partial charge on any atom is -0.460 e. The van der Waals surface area contributed by atoms with Gasteiger partial charge in [0.2, 0.25) is 0 Å². The molecule has 1 heterocycles. The molecular weight excluding hydrogens is 218 g/mol. The number of hydrogen-bond acceptors (Lipinski definition) is 4. The van der Waals surface area contributed by atoms with Gasteiger partial charge >= 0.3 is 5.97 Å². The quantitative estimate of drug-likeness (QED) is 0.458. The van der Waals surface area contributed by atoms with E-state index >= 15 is 0 Å². The number of rotatable bonds is 3. The van der Waals surface area contributed by atoms with Gasteiger partial charge in [-0.15, -0.1) is 0 Å². The van der Waals surface area contributed by atoms with Gasteiger partial charge in [-0.25, -0.2) is 0 Å². The molecule has 0 bridgehead atoms. The first-order valence-corrected chi connectivity index (χ1v) is 5.44. The maximum absolute atomic E-state index is 11.8. The number of ketones is 1. The summed E-state index contributed by atoms with van der Waals surface area (Å²) in [5, 5.41) is 0. The fraction of sp³-hybridized carbons (Fsp3) is 0.462. The molecule has 0 aromatic carbocycles. The number of ether oxygens (including phenoxy) is 1. The molecule has 0 amide bonds. The Hall–Kier alpha value is -1.71. The van der Waals surface area contributed by atoms with E-state index in [2.05, 4.69) is 4.98 Å². The Balaban J connectivity index is 2.64. The Morgan fingerprint density at radius 2 is 1.94 bits per heavy atom. The van der Waals surface area contributed by atoms with E-state index in [9.17, 15) is 9.59 Å². The summed E-state index contributed by atoms with van der Waals surface area (Å²) in [7, 11) is 0. The summed E-state index contributed by atoms with van der Waals surface area (Å²) < 4.78 is 5.08. The second-order valence-corrected chi connectivity index (χ2v) is 4.94. The van der Waals surface area contributed by atoms with E-state index < -0.39 is 11.6 Å². The summed E-state index contributed by atoms with van der Waals surface area (Å²) in [6, 6.07) is 1.71. The molecule has 1 aromatic rings. The standard InChI is InChI=1S/C13H17NO3/c1-9-5-10(8-14-7-9)11(15)6-12(16)17-13(2,3)4/h5,7-8H,6H2,1-4H3. The van der Waals surface area contributed by atoms with E-state index in [4.69, 9.17) is 4.74 Å². The van der Waals surface area contributed by atoms with Crippen molar-refractivity contribution >= 4 is 11.8 Å². The fourth-order valence-corrected chi connectivity index (χ4v) is 1.32. The zero-order chi connectivity index (χ0) is 13.1. The van der Waals surface area contributed by atoms with Crippen molar-refractivity contribution in [3.8, 4) is 0 Å². The van der Waals surface area contributed by atoms with E-state index in [0.29, 0.717) is 5.56 Å². The number of carbonyl (C=O) groups excluding carboxylic acids is 2. The van der Waals surface area contributed by atoms with Crippen LogP contribution < -0.4 is 0 Å². The van der Waals surface area contributed by atoms with E-state index in [1.807, 2.05) is 6.92 Å². The van der Waals surface area contributed by atoms with E-state index in [-0.39, 0.29) is 12.2 Å². The summed E-state index contributed by atoms with van der Waals surface area (Å²) in [5.74, 6) is -0.778. The average molecular weight is 235 g/mol. The number of esters is 1. The highest BCUT2D eigenvalue weighted by Gasteiger charge is 2.19. The summed E-state index contributed by atoms with van der Waals surface area (Å²) in [5.41, 5.74) is 0.762. The molecule has 0 radical (unpaired) electrons. The maximum atomic E-state index is 11.8. The van der Waals surface area contributed by atoms with Gasteiger partial charge in [0.25, 0.3) is 0 Å². The van der Waals surface area contributed by atoms with Crippen molar-refractivity contribution in [1.29, 1.82) is 0 Å². The van der Waals surface area contributed by atoms with Crippen LogP contribution in [0.4, 0.5) is 0 Å². The fourth-order valence-electron chi connectivity index (χ4n) is 1.32. The van der Waals surface area contributed by atoms with Crippen LogP contribution in [0.3, 0.4) is 0 Å². The van der Waals surface area contributed by atoms with Gasteiger partial charge in [0.1, 0.15) is 12.0 Å². The molecule has 0 spiro atoms. The summed E-state index contributed by atoms with van der Waals surface area (Å²) in [6.07, 6.45) is 2.87. The van der Waals surface area contributed by atoms with Crippen LogP contribution in [0.25, 0.3) is 0 Å². The van der Waals surface area contributed by atoms with Crippen molar-refractivity contribution in [2.24, 2.45) is 0 Å². The SMILES string of the molecule is Cc1cncc(C(=O)CC(=O)OC(C)(C)C)c1. The van der Waals surface area contributed by atoms with E-state index in [0.717, 1.165) is 5.56 Å². The normalized spacial score (nSPS) is 11.1. The number of pyridine rings is 1. The lowest BCUT2D eigenvalue weighted by Crippen LogP contribution is -2.25. The molecule has 0 N–H and O–H groups in total. The van der Waals surface area contributed by atoms with Gasteiger partial charge in [-0.3, -0.25) is 14.6 Å². The molecule has 0 aliphatic heterocycles. The molecule has 1 rings (SSSR count). The van der Waals surface area contributed by atoms with Crippen LogP contribution in [0.1, 0.15) is 43.1 Å². The highest BCUT2D eigenvalue weighted by atomic mass is 16.6. The molecule has 4 heteroatoms. The largest absolute Gasteiger partial charge is 0.460 e. The number of carbonyl (C=O) groups is 2. The molecule has 17 heavy (non-hydrogen) atoms. The highest BCUT2D eigenvalue weighted by Crippen LogP contribution is 2.11. The zero-order valence-electron chi connectivity index (χ0n) is 10.6. The van der Waals surface area contributed by atoms with Crippen LogP contribution in [-0.2, 0) is 9.53 Å². The maximum Gasteiger partial charge on any atom is 0.314 e. The number of aryl methyl sites for hydroxylation is 1. The van der Waals surface area contributed by atoms with Crippen molar-refractivity contribution in [3.63, 3.8) is 0 Å². The van der Waals surface area contributed by atoms with Gasteiger partial charge < -0.3 is 4.74 Å². The lowest BCUT2D eigenvalue weighted by atomic mass is 10.1. The van der Waals surface area contributed by atoms with Crippen LogP contribution in [-0.4, -0.2) is 22.3 Å². The minimum atomic E-state index is -0.567. The number of nitrogens with zero attached hydrogens (tertiary/aromatic N) is 1. The van der Waals surface area contributed by atoms with Crippen LogP contribution in [0.15, 0.2) is 18.5 Å². The van der Waals surface area contributed by atoms with Gasteiger partial charge in [-0.05, 0) is 39.3 Å². The average Bonchev–Trinajstić information content (AvgIpc) is 2.14. The van der Waals surface area contributed by atoms with E-state index in [1.165, 1.54) is 6.20 Å². The number of Topliss-reactive ketones (excluding diaryl/α,β-unsaturated/α-hetero) is 1. The van der Waals surface area contributed by atoms with Gasteiger partial charge in [-0.1, -0.05) is 0 Å². The zero-order valence-corrected chi connectivity index (χ0v) is 10.6.